The van der Waals surface area contributed by atoms with Crippen LogP contribution in [0.5, 0.6) is 0 Å². The lowest BCUT2D eigenvalue weighted by Gasteiger charge is -2.27. The molecule has 11 nitrogen and oxygen atoms in total. The molecule has 0 aliphatic carbocycles. The number of H-pyrrole nitrogens is 1. The van der Waals surface area contributed by atoms with E-state index in [2.05, 4.69) is 34.9 Å². The molecule has 4 aromatic rings. The molecule has 0 amide bonds. The van der Waals surface area contributed by atoms with Crippen molar-refractivity contribution in [2.45, 2.75) is 6.92 Å². The van der Waals surface area contributed by atoms with E-state index in [0.717, 1.165) is 30.5 Å². The van der Waals surface area contributed by atoms with Crippen LogP contribution in [0.3, 0.4) is 0 Å². The predicted octanol–water partition coefficient (Wildman–Crippen LogP) is 3.06. The second kappa shape index (κ2) is 10.8. The normalized spacial score (nSPS) is 14.2. The number of nitrogens with one attached hydrogen (secondary N) is 3. The van der Waals surface area contributed by atoms with Crippen molar-refractivity contribution >= 4 is 50.3 Å². The molecule has 3 aromatic heterocycles. The molecule has 0 bridgehead atoms. The van der Waals surface area contributed by atoms with Gasteiger partial charge in [0.2, 0.25) is 5.95 Å². The average molecular weight is 573 g/mol. The Morgan fingerprint density at radius 3 is 2.54 bits per heavy atom. The first-order chi connectivity index (χ1) is 18.7. The minimum atomic E-state index is -4.02. The predicted molar refractivity (Wildman–Crippen MR) is 148 cm³/mol. The third-order valence-electron chi connectivity index (χ3n) is 6.56. The SMILES string of the molecule is CCN(C)S(=O)(=O)Nc1ccc(Cl)c(C(=O)c2c[nH]c3ncc(-c4cnc(N5CCNCC5)nc4)cc23)c1F. The summed E-state index contributed by atoms with van der Waals surface area (Å²) in [5, 5.41) is 3.58. The second-order valence-electron chi connectivity index (χ2n) is 8.97. The van der Waals surface area contributed by atoms with Crippen molar-refractivity contribution in [1.82, 2.24) is 29.6 Å². The second-order valence-corrected chi connectivity index (χ2v) is 11.2. The molecule has 0 spiro atoms. The van der Waals surface area contributed by atoms with Gasteiger partial charge in [-0.15, -0.1) is 0 Å². The van der Waals surface area contributed by atoms with Gasteiger partial charge >= 0.3 is 10.2 Å². The number of aromatic nitrogens is 4. The summed E-state index contributed by atoms with van der Waals surface area (Å²) >= 11 is 6.23. The van der Waals surface area contributed by atoms with Crippen LogP contribution in [0, 0.1) is 5.82 Å². The van der Waals surface area contributed by atoms with Gasteiger partial charge in [0.25, 0.3) is 0 Å². The Morgan fingerprint density at radius 2 is 1.85 bits per heavy atom. The van der Waals surface area contributed by atoms with Crippen molar-refractivity contribution in [3.05, 3.63) is 65.0 Å². The molecule has 0 saturated carbocycles. The number of piperazine rings is 1. The van der Waals surface area contributed by atoms with Gasteiger partial charge in [-0.1, -0.05) is 18.5 Å². The Morgan fingerprint density at radius 1 is 1.15 bits per heavy atom. The Labute approximate surface area is 229 Å². The number of fused-ring (bicyclic) bond motifs is 1. The third kappa shape index (κ3) is 5.30. The number of hydrogen-bond donors (Lipinski definition) is 3. The topological polar surface area (TPSA) is 136 Å². The molecule has 14 heteroatoms. The summed E-state index contributed by atoms with van der Waals surface area (Å²) in [7, 11) is -2.67. The number of aromatic amines is 1. The Bertz CT molecular complexity index is 1640. The number of hydrogen-bond acceptors (Lipinski definition) is 8. The third-order valence-corrected chi connectivity index (χ3v) is 8.43. The fourth-order valence-electron chi connectivity index (χ4n) is 4.21. The molecule has 1 saturated heterocycles. The molecular weight excluding hydrogens is 547 g/mol. The summed E-state index contributed by atoms with van der Waals surface area (Å²) in [4.78, 5) is 31.9. The van der Waals surface area contributed by atoms with Crippen LogP contribution in [0.15, 0.2) is 43.0 Å². The van der Waals surface area contributed by atoms with E-state index in [0.29, 0.717) is 28.1 Å². The quantitative estimate of drug-likeness (QED) is 0.274. The molecule has 1 aliphatic rings. The van der Waals surface area contributed by atoms with Gasteiger partial charge in [0.15, 0.2) is 11.6 Å². The van der Waals surface area contributed by atoms with E-state index in [4.69, 9.17) is 11.6 Å². The molecular formula is C25H26ClFN8O3S. The molecule has 1 aromatic carbocycles. The summed E-state index contributed by atoms with van der Waals surface area (Å²) in [5.41, 5.74) is 1.07. The van der Waals surface area contributed by atoms with Crippen molar-refractivity contribution in [2.75, 3.05) is 49.4 Å². The number of benzene rings is 1. The zero-order valence-electron chi connectivity index (χ0n) is 21.2. The zero-order chi connectivity index (χ0) is 27.7. The van der Waals surface area contributed by atoms with Gasteiger partial charge in [0, 0.05) is 86.6 Å². The van der Waals surface area contributed by atoms with Gasteiger partial charge in [-0.3, -0.25) is 9.52 Å². The number of nitrogens with zero attached hydrogens (tertiary/aromatic N) is 5. The van der Waals surface area contributed by atoms with Gasteiger partial charge in [-0.05, 0) is 18.2 Å². The Kier molecular flexibility index (Phi) is 7.49. The van der Waals surface area contributed by atoms with Crippen LogP contribution in [0.4, 0.5) is 16.0 Å². The van der Waals surface area contributed by atoms with Gasteiger partial charge in [0.05, 0.1) is 16.3 Å². The maximum Gasteiger partial charge on any atom is 0.301 e. The van der Waals surface area contributed by atoms with E-state index in [1.807, 2.05) is 0 Å². The number of carbonyl (C=O) groups excluding carboxylic acids is 1. The molecule has 4 heterocycles. The number of pyridine rings is 1. The zero-order valence-corrected chi connectivity index (χ0v) is 22.8. The Hall–Kier alpha value is -3.65. The summed E-state index contributed by atoms with van der Waals surface area (Å²) in [6.07, 6.45) is 6.44. The highest BCUT2D eigenvalue weighted by molar-refractivity contribution is 7.90. The van der Waals surface area contributed by atoms with Crippen LogP contribution in [-0.2, 0) is 10.2 Å². The number of ketones is 1. The van der Waals surface area contributed by atoms with Crippen molar-refractivity contribution < 1.29 is 17.6 Å². The number of anilines is 2. The molecule has 204 valence electrons. The van der Waals surface area contributed by atoms with Crippen molar-refractivity contribution in [3.8, 4) is 11.1 Å². The van der Waals surface area contributed by atoms with E-state index in [9.17, 15) is 13.2 Å². The molecule has 0 atom stereocenters. The van der Waals surface area contributed by atoms with E-state index >= 15 is 4.39 Å². The van der Waals surface area contributed by atoms with Crippen molar-refractivity contribution in [3.63, 3.8) is 0 Å². The molecule has 3 N–H and O–H groups in total. The van der Waals surface area contributed by atoms with E-state index < -0.39 is 27.4 Å². The Balaban J connectivity index is 1.48. The lowest BCUT2D eigenvalue weighted by atomic mass is 10.0. The largest absolute Gasteiger partial charge is 0.345 e. The first-order valence-corrected chi connectivity index (χ1v) is 14.0. The number of halogens is 2. The fraction of sp³-hybridized carbons (Fsp3) is 0.280. The van der Waals surface area contributed by atoms with Gasteiger partial charge in [-0.2, -0.15) is 12.7 Å². The highest BCUT2D eigenvalue weighted by Gasteiger charge is 2.26. The van der Waals surface area contributed by atoms with Crippen LogP contribution in [0.25, 0.3) is 22.2 Å². The maximum atomic E-state index is 15.5. The van der Waals surface area contributed by atoms with Crippen molar-refractivity contribution in [1.29, 1.82) is 0 Å². The van der Waals surface area contributed by atoms with Crippen LogP contribution in [0.1, 0.15) is 22.8 Å². The maximum absolute atomic E-state index is 15.5. The van der Waals surface area contributed by atoms with E-state index in [1.165, 1.54) is 25.4 Å². The minimum Gasteiger partial charge on any atom is -0.345 e. The molecule has 5 rings (SSSR count). The highest BCUT2D eigenvalue weighted by Crippen LogP contribution is 2.32. The standard InChI is InChI=1S/C25H26ClFN8O3S/c1-3-34(2)39(37,38)33-20-5-4-19(26)21(22(20)27)23(36)18-14-30-24-17(18)10-15(11-29-24)16-12-31-25(32-13-16)35-8-6-28-7-9-35/h4-5,10-14,28,33H,3,6-9H2,1-2H3,(H,29,30). The molecule has 0 unspecified atom stereocenters. The number of carbonyl (C=O) groups is 1. The molecule has 0 radical (unpaired) electrons. The van der Waals surface area contributed by atoms with E-state index in [1.54, 1.807) is 31.6 Å². The van der Waals surface area contributed by atoms with Gasteiger partial charge < -0.3 is 15.2 Å². The first kappa shape index (κ1) is 26.9. The van der Waals surface area contributed by atoms with Crippen molar-refractivity contribution in [2.24, 2.45) is 0 Å². The van der Waals surface area contributed by atoms with Crippen LogP contribution in [0.2, 0.25) is 5.02 Å². The monoisotopic (exact) mass is 572 g/mol. The van der Waals surface area contributed by atoms with E-state index in [-0.39, 0.29) is 22.8 Å². The molecule has 1 aliphatic heterocycles. The summed E-state index contributed by atoms with van der Waals surface area (Å²) in [5.74, 6) is -1.16. The summed E-state index contributed by atoms with van der Waals surface area (Å²) < 4.78 is 43.6. The summed E-state index contributed by atoms with van der Waals surface area (Å²) in [6, 6.07) is 4.19. The average Bonchev–Trinajstić information content (AvgIpc) is 3.38. The minimum absolute atomic E-state index is 0.129. The van der Waals surface area contributed by atoms with Crippen LogP contribution >= 0.6 is 11.6 Å². The lowest BCUT2D eigenvalue weighted by Crippen LogP contribution is -2.44. The van der Waals surface area contributed by atoms with Crippen LogP contribution < -0.4 is 14.9 Å². The molecule has 39 heavy (non-hydrogen) atoms. The lowest BCUT2D eigenvalue weighted by molar-refractivity contribution is 0.103. The fourth-order valence-corrected chi connectivity index (χ4v) is 5.37. The number of rotatable bonds is 8. The summed E-state index contributed by atoms with van der Waals surface area (Å²) in [6.45, 7) is 5.18. The van der Waals surface area contributed by atoms with Gasteiger partial charge in [-0.25, -0.2) is 19.3 Å². The first-order valence-electron chi connectivity index (χ1n) is 12.2. The van der Waals surface area contributed by atoms with Gasteiger partial charge in [0.1, 0.15) is 5.65 Å². The smallest absolute Gasteiger partial charge is 0.301 e. The van der Waals surface area contributed by atoms with Crippen LogP contribution in [-0.4, -0.2) is 78.2 Å². The molecule has 1 fully saturated rings. The highest BCUT2D eigenvalue weighted by atomic mass is 35.5.